The van der Waals surface area contributed by atoms with E-state index in [0.717, 1.165) is 56.1 Å². The summed E-state index contributed by atoms with van der Waals surface area (Å²) in [4.78, 5) is 21.1. The highest BCUT2D eigenvalue weighted by atomic mass is 16.3. The lowest BCUT2D eigenvalue weighted by atomic mass is 9.75. The van der Waals surface area contributed by atoms with Gasteiger partial charge in [-0.3, -0.25) is 9.69 Å². The molecule has 4 saturated heterocycles. The number of hydrogen-bond donors (Lipinski definition) is 1. The number of aliphatic hydroxyl groups is 1. The molecule has 4 aliphatic rings. The number of fused-ring (bicyclic) bond motifs is 3. The Hall–Kier alpha value is -2.68. The monoisotopic (exact) mass is 415 g/mol. The van der Waals surface area contributed by atoms with Gasteiger partial charge < -0.3 is 10.0 Å². The molecule has 1 atom stereocenters. The van der Waals surface area contributed by atoms with Crippen molar-refractivity contribution in [2.45, 2.75) is 37.7 Å². The maximum absolute atomic E-state index is 11.6. The topological polar surface area (TPSA) is 56.7 Å². The van der Waals surface area contributed by atoms with Crippen molar-refractivity contribution in [1.82, 2.24) is 9.88 Å². The second-order valence-electron chi connectivity index (χ2n) is 9.08. The zero-order valence-electron chi connectivity index (χ0n) is 17.9. The number of nitrogens with zero attached hydrogens (tertiary/aromatic N) is 3. The van der Waals surface area contributed by atoms with Gasteiger partial charge >= 0.3 is 0 Å². The van der Waals surface area contributed by atoms with Gasteiger partial charge in [-0.1, -0.05) is 42.2 Å². The molecule has 5 heterocycles. The molecule has 160 valence electrons. The number of anilines is 1. The summed E-state index contributed by atoms with van der Waals surface area (Å²) in [6.45, 7) is 4.23. The van der Waals surface area contributed by atoms with E-state index < -0.39 is 5.60 Å². The Bertz CT molecular complexity index is 1010. The van der Waals surface area contributed by atoms with Crippen molar-refractivity contribution < 1.29 is 9.90 Å². The highest BCUT2D eigenvalue weighted by molar-refractivity contribution is 5.80. The molecule has 0 saturated carbocycles. The molecule has 0 aliphatic carbocycles. The van der Waals surface area contributed by atoms with Gasteiger partial charge in [0.25, 0.3) is 0 Å². The maximum atomic E-state index is 11.6. The third-order valence-corrected chi connectivity index (χ3v) is 6.96. The zero-order chi connectivity index (χ0) is 21.3. The fraction of sp³-hybridized carbons (Fsp3) is 0.462. The average molecular weight is 416 g/mol. The molecule has 6 rings (SSSR count). The second-order valence-corrected chi connectivity index (χ2v) is 9.08. The van der Waals surface area contributed by atoms with Gasteiger partial charge in [-0.25, -0.2) is 4.98 Å². The Morgan fingerprint density at radius 2 is 1.77 bits per heavy atom. The Labute approximate surface area is 184 Å². The number of rotatable bonds is 3. The minimum atomic E-state index is -0.924. The first kappa shape index (κ1) is 20.2. The Morgan fingerprint density at radius 3 is 2.45 bits per heavy atom. The van der Waals surface area contributed by atoms with Crippen molar-refractivity contribution >= 4 is 11.6 Å². The normalized spacial score (nSPS) is 27.6. The Kier molecular flexibility index (Phi) is 5.52. The summed E-state index contributed by atoms with van der Waals surface area (Å²) in [5.74, 6) is 8.05. The molecule has 4 fully saturated rings. The summed E-state index contributed by atoms with van der Waals surface area (Å²) in [6.07, 6.45) is 3.91. The van der Waals surface area contributed by atoms with Gasteiger partial charge in [-0.15, -0.1) is 0 Å². The van der Waals surface area contributed by atoms with E-state index in [1.54, 1.807) is 0 Å². The first-order chi connectivity index (χ1) is 15.1. The fourth-order valence-corrected chi connectivity index (χ4v) is 5.04. The van der Waals surface area contributed by atoms with Crippen LogP contribution in [-0.4, -0.2) is 59.1 Å². The van der Waals surface area contributed by atoms with Crippen molar-refractivity contribution in [2.75, 3.05) is 37.6 Å². The van der Waals surface area contributed by atoms with E-state index in [1.807, 2.05) is 30.3 Å². The van der Waals surface area contributed by atoms with E-state index in [0.29, 0.717) is 31.6 Å². The third-order valence-electron chi connectivity index (χ3n) is 6.96. The van der Waals surface area contributed by atoms with E-state index in [2.05, 4.69) is 33.8 Å². The second kappa shape index (κ2) is 8.45. The van der Waals surface area contributed by atoms with Crippen molar-refractivity contribution in [1.29, 1.82) is 0 Å². The van der Waals surface area contributed by atoms with Gasteiger partial charge in [-0.05, 0) is 43.6 Å². The number of piperidine rings is 4. The van der Waals surface area contributed by atoms with Gasteiger partial charge in [0.15, 0.2) is 0 Å². The molecule has 5 nitrogen and oxygen atoms in total. The van der Waals surface area contributed by atoms with Gasteiger partial charge in [0.05, 0.1) is 5.69 Å². The smallest absolute Gasteiger partial charge is 0.141 e. The lowest BCUT2D eigenvalue weighted by Crippen LogP contribution is -2.58. The third kappa shape index (κ3) is 4.37. The van der Waals surface area contributed by atoms with Gasteiger partial charge in [0, 0.05) is 50.4 Å². The molecule has 0 spiro atoms. The summed E-state index contributed by atoms with van der Waals surface area (Å²) < 4.78 is 0. The predicted molar refractivity (Wildman–Crippen MR) is 121 cm³/mol. The van der Waals surface area contributed by atoms with Crippen LogP contribution in [-0.2, 0) is 11.2 Å². The van der Waals surface area contributed by atoms with Gasteiger partial charge in [-0.2, -0.15) is 0 Å². The van der Waals surface area contributed by atoms with Crippen LogP contribution >= 0.6 is 0 Å². The summed E-state index contributed by atoms with van der Waals surface area (Å²) in [5.41, 5.74) is 2.07. The average Bonchev–Trinajstić information content (AvgIpc) is 2.80. The van der Waals surface area contributed by atoms with Crippen LogP contribution in [0.25, 0.3) is 0 Å². The number of Topliss-reactive ketones (excluding diaryl/α,β-unsaturated/α-hetero) is 1. The van der Waals surface area contributed by atoms with Crippen LogP contribution in [0.15, 0.2) is 42.5 Å². The van der Waals surface area contributed by atoms with E-state index in [1.165, 1.54) is 5.56 Å². The number of carbonyl (C=O) groups is 1. The number of carbonyl (C=O) groups excluding carboxylic acids is 1. The molecule has 1 unspecified atom stereocenters. The highest BCUT2D eigenvalue weighted by Crippen LogP contribution is 2.35. The van der Waals surface area contributed by atoms with Crippen LogP contribution in [0.2, 0.25) is 0 Å². The molecular weight excluding hydrogens is 386 g/mol. The molecule has 1 aromatic heterocycles. The van der Waals surface area contributed by atoms with Gasteiger partial charge in [0.1, 0.15) is 17.2 Å². The summed E-state index contributed by atoms with van der Waals surface area (Å²) in [5, 5.41) is 11.2. The van der Waals surface area contributed by atoms with Crippen molar-refractivity contribution in [3.63, 3.8) is 0 Å². The van der Waals surface area contributed by atoms with E-state index in [4.69, 9.17) is 4.98 Å². The minimum absolute atomic E-state index is 0.265. The van der Waals surface area contributed by atoms with Crippen molar-refractivity contribution in [2.24, 2.45) is 5.92 Å². The van der Waals surface area contributed by atoms with Crippen LogP contribution in [0, 0.1) is 17.8 Å². The Balaban J connectivity index is 1.45. The van der Waals surface area contributed by atoms with Crippen molar-refractivity contribution in [3.8, 4) is 11.8 Å². The van der Waals surface area contributed by atoms with Crippen LogP contribution in [0.3, 0.4) is 0 Å². The molecular formula is C26H29N3O2. The maximum Gasteiger partial charge on any atom is 0.141 e. The number of aromatic nitrogens is 1. The molecule has 1 N–H and O–H groups in total. The minimum Gasteiger partial charge on any atom is -0.376 e. The zero-order valence-corrected chi connectivity index (χ0v) is 17.9. The first-order valence-electron chi connectivity index (χ1n) is 11.4. The van der Waals surface area contributed by atoms with Crippen LogP contribution in [0.1, 0.15) is 42.5 Å². The number of pyridine rings is 1. The van der Waals surface area contributed by atoms with E-state index in [-0.39, 0.29) is 5.92 Å². The number of benzene rings is 1. The van der Waals surface area contributed by atoms with Crippen LogP contribution in [0.5, 0.6) is 0 Å². The van der Waals surface area contributed by atoms with E-state index in [9.17, 15) is 9.90 Å². The fourth-order valence-electron chi connectivity index (χ4n) is 5.04. The van der Waals surface area contributed by atoms with Crippen LogP contribution in [0.4, 0.5) is 5.82 Å². The Morgan fingerprint density at radius 1 is 1.03 bits per heavy atom. The number of ketones is 1. The first-order valence-corrected chi connectivity index (χ1v) is 11.4. The quantitative estimate of drug-likeness (QED) is 0.781. The summed E-state index contributed by atoms with van der Waals surface area (Å²) >= 11 is 0. The number of hydrogen-bond acceptors (Lipinski definition) is 5. The SMILES string of the molecule is O=C1CCN(c2ccc(C#CC3(O)CN4CCC3CC4)c(Cc3ccccc3)n2)CC1. The largest absolute Gasteiger partial charge is 0.376 e. The summed E-state index contributed by atoms with van der Waals surface area (Å²) in [7, 11) is 0. The molecule has 31 heavy (non-hydrogen) atoms. The predicted octanol–water partition coefficient (Wildman–Crippen LogP) is 2.65. The lowest BCUT2D eigenvalue weighted by Gasteiger charge is -2.47. The molecule has 0 radical (unpaired) electrons. The van der Waals surface area contributed by atoms with Crippen molar-refractivity contribution in [3.05, 3.63) is 59.3 Å². The molecule has 4 aliphatic heterocycles. The molecule has 0 amide bonds. The van der Waals surface area contributed by atoms with E-state index >= 15 is 0 Å². The summed E-state index contributed by atoms with van der Waals surface area (Å²) in [6, 6.07) is 14.3. The lowest BCUT2D eigenvalue weighted by molar-refractivity contribution is -0.119. The highest BCUT2D eigenvalue weighted by Gasteiger charge is 2.44. The molecule has 2 aromatic rings. The van der Waals surface area contributed by atoms with Gasteiger partial charge in [0.2, 0.25) is 0 Å². The molecule has 5 heteroatoms. The molecule has 2 bridgehead atoms. The van der Waals surface area contributed by atoms with Crippen LogP contribution < -0.4 is 4.90 Å². The molecule has 1 aromatic carbocycles. The standard InChI is InChI=1S/C26H29N3O2/c30-23-11-16-29(17-12-23)25-7-6-21(24(27-25)18-20-4-2-1-3-5-20)8-13-26(31)19-28-14-9-22(26)10-15-28/h1-7,22,31H,9-12,14-19H2.